The average molecular weight is 154 g/mol. The second-order valence-electron chi connectivity index (χ2n) is 2.28. The minimum absolute atomic E-state index is 0.0186. The largest absolute Gasteiger partial charge is 0.493 e. The number of allylic oxidation sites excluding steroid dienone is 1. The van der Waals surface area contributed by atoms with E-state index in [9.17, 15) is 9.90 Å². The Morgan fingerprint density at radius 1 is 1.82 bits per heavy atom. The lowest BCUT2D eigenvalue weighted by Crippen LogP contribution is -2.15. The molecule has 1 rings (SSSR count). The summed E-state index contributed by atoms with van der Waals surface area (Å²) in [4.78, 5) is 13.4. The predicted molar refractivity (Wildman–Crippen MR) is 41.7 cm³/mol. The van der Waals surface area contributed by atoms with E-state index >= 15 is 0 Å². The molecule has 0 aliphatic carbocycles. The summed E-state index contributed by atoms with van der Waals surface area (Å²) in [6.07, 6.45) is 1.55. The second kappa shape index (κ2) is 2.65. The molecule has 0 atom stereocenters. The molecule has 0 saturated heterocycles. The Morgan fingerprint density at radius 2 is 2.45 bits per heavy atom. The first kappa shape index (κ1) is 7.65. The molecule has 0 amide bonds. The molecule has 2 N–H and O–H groups in total. The van der Waals surface area contributed by atoms with E-state index in [0.29, 0.717) is 12.2 Å². The van der Waals surface area contributed by atoms with Gasteiger partial charge in [0.05, 0.1) is 5.69 Å². The molecule has 1 heterocycles. The molecular weight excluding hydrogens is 144 g/mol. The van der Waals surface area contributed by atoms with Gasteiger partial charge in [-0.2, -0.15) is 0 Å². The van der Waals surface area contributed by atoms with Crippen LogP contribution in [0.3, 0.4) is 0 Å². The van der Waals surface area contributed by atoms with Crippen molar-refractivity contribution in [2.24, 2.45) is 0 Å². The van der Waals surface area contributed by atoms with Crippen molar-refractivity contribution in [1.29, 1.82) is 0 Å². The quantitative estimate of drug-likeness (QED) is 0.605. The fourth-order valence-electron chi connectivity index (χ4n) is 0.881. The van der Waals surface area contributed by atoms with Crippen molar-refractivity contribution in [3.63, 3.8) is 0 Å². The highest BCUT2D eigenvalue weighted by Gasteiger charge is 2.06. The first-order valence-corrected chi connectivity index (χ1v) is 3.26. The molecule has 0 radical (unpaired) electrons. The first-order chi connectivity index (χ1) is 5.16. The molecule has 0 spiro atoms. The molecule has 4 nitrogen and oxygen atoms in total. The third-order valence-corrected chi connectivity index (χ3v) is 1.44. The van der Waals surface area contributed by atoms with Crippen molar-refractivity contribution >= 4 is 0 Å². The van der Waals surface area contributed by atoms with Gasteiger partial charge < -0.3 is 10.1 Å². The minimum Gasteiger partial charge on any atom is -0.493 e. The predicted octanol–water partition coefficient (Wildman–Crippen LogP) is 0.376. The van der Waals surface area contributed by atoms with Gasteiger partial charge in [0.1, 0.15) is 0 Å². The van der Waals surface area contributed by atoms with Gasteiger partial charge in [0.25, 0.3) is 0 Å². The standard InChI is InChI=1S/C7H10N2O2/c1-3-4-9-6(10)5(2)8-7(9)11/h3,10H,1,4H2,2H3,(H,8,11). The van der Waals surface area contributed by atoms with E-state index in [1.807, 2.05) is 0 Å². The second-order valence-corrected chi connectivity index (χ2v) is 2.28. The number of H-pyrrole nitrogens is 1. The molecule has 1 aromatic heterocycles. The Bertz CT molecular complexity index is 322. The van der Waals surface area contributed by atoms with Crippen LogP contribution in [-0.2, 0) is 6.54 Å². The summed E-state index contributed by atoms with van der Waals surface area (Å²) >= 11 is 0. The van der Waals surface area contributed by atoms with Crippen molar-refractivity contribution in [1.82, 2.24) is 9.55 Å². The number of aryl methyl sites for hydroxylation is 1. The summed E-state index contributed by atoms with van der Waals surface area (Å²) in [6.45, 7) is 5.43. The highest BCUT2D eigenvalue weighted by atomic mass is 16.3. The summed E-state index contributed by atoms with van der Waals surface area (Å²) in [5.41, 5.74) is 0.178. The van der Waals surface area contributed by atoms with Gasteiger partial charge in [0.2, 0.25) is 5.88 Å². The van der Waals surface area contributed by atoms with Crippen LogP contribution in [-0.4, -0.2) is 14.7 Å². The molecule has 0 bridgehead atoms. The number of nitrogens with zero attached hydrogens (tertiary/aromatic N) is 1. The molecular formula is C7H10N2O2. The zero-order valence-corrected chi connectivity index (χ0v) is 6.29. The number of aromatic hydroxyl groups is 1. The van der Waals surface area contributed by atoms with E-state index in [1.165, 1.54) is 4.57 Å². The van der Waals surface area contributed by atoms with Gasteiger partial charge in [0, 0.05) is 6.54 Å². The Morgan fingerprint density at radius 3 is 2.82 bits per heavy atom. The lowest BCUT2D eigenvalue weighted by Gasteiger charge is -1.95. The molecule has 0 unspecified atom stereocenters. The van der Waals surface area contributed by atoms with E-state index in [-0.39, 0.29) is 11.6 Å². The maximum absolute atomic E-state index is 11.0. The van der Waals surface area contributed by atoms with Gasteiger partial charge in [-0.15, -0.1) is 6.58 Å². The van der Waals surface area contributed by atoms with Gasteiger partial charge >= 0.3 is 5.69 Å². The van der Waals surface area contributed by atoms with Crippen LogP contribution < -0.4 is 5.69 Å². The van der Waals surface area contributed by atoms with Crippen LogP contribution in [0.15, 0.2) is 17.4 Å². The Hall–Kier alpha value is -1.45. The third-order valence-electron chi connectivity index (χ3n) is 1.44. The van der Waals surface area contributed by atoms with Crippen molar-refractivity contribution in [2.75, 3.05) is 0 Å². The highest BCUT2D eigenvalue weighted by molar-refractivity contribution is 5.16. The van der Waals surface area contributed by atoms with E-state index in [4.69, 9.17) is 0 Å². The van der Waals surface area contributed by atoms with Gasteiger partial charge in [0.15, 0.2) is 0 Å². The van der Waals surface area contributed by atoms with Crippen LogP contribution in [0.2, 0.25) is 0 Å². The third kappa shape index (κ3) is 1.19. The van der Waals surface area contributed by atoms with Gasteiger partial charge in [-0.05, 0) is 6.92 Å². The molecule has 0 fully saturated rings. The Kier molecular flexibility index (Phi) is 1.85. The zero-order valence-electron chi connectivity index (χ0n) is 6.29. The summed E-state index contributed by atoms with van der Waals surface area (Å²) in [7, 11) is 0. The van der Waals surface area contributed by atoms with Gasteiger partial charge in [-0.1, -0.05) is 6.08 Å². The van der Waals surface area contributed by atoms with E-state index in [0.717, 1.165) is 0 Å². The minimum atomic E-state index is -0.306. The topological polar surface area (TPSA) is 58.0 Å². The molecule has 0 aliphatic rings. The fourth-order valence-corrected chi connectivity index (χ4v) is 0.881. The Balaban J connectivity index is 3.22. The number of nitrogens with one attached hydrogen (secondary N) is 1. The normalized spacial score (nSPS) is 9.91. The number of rotatable bonds is 2. The monoisotopic (exact) mass is 154 g/mol. The van der Waals surface area contributed by atoms with Gasteiger partial charge in [-0.25, -0.2) is 4.79 Å². The van der Waals surface area contributed by atoms with Crippen LogP contribution >= 0.6 is 0 Å². The van der Waals surface area contributed by atoms with Crippen molar-refractivity contribution in [2.45, 2.75) is 13.5 Å². The van der Waals surface area contributed by atoms with Crippen molar-refractivity contribution < 1.29 is 5.11 Å². The summed E-state index contributed by atoms with van der Waals surface area (Å²) < 4.78 is 1.21. The smallest absolute Gasteiger partial charge is 0.328 e. The maximum atomic E-state index is 11.0. The van der Waals surface area contributed by atoms with Crippen LogP contribution in [0, 0.1) is 6.92 Å². The highest BCUT2D eigenvalue weighted by Crippen LogP contribution is 2.09. The number of aromatic nitrogens is 2. The molecule has 0 aliphatic heterocycles. The zero-order chi connectivity index (χ0) is 8.43. The van der Waals surface area contributed by atoms with E-state index in [1.54, 1.807) is 13.0 Å². The molecule has 11 heavy (non-hydrogen) atoms. The van der Waals surface area contributed by atoms with Crippen LogP contribution in [0.25, 0.3) is 0 Å². The molecule has 1 aromatic rings. The summed E-state index contributed by atoms with van der Waals surface area (Å²) in [5, 5.41) is 9.23. The summed E-state index contributed by atoms with van der Waals surface area (Å²) in [5.74, 6) is -0.0186. The molecule has 0 aromatic carbocycles. The lowest BCUT2D eigenvalue weighted by molar-refractivity contribution is 0.419. The Labute approximate surface area is 63.8 Å². The molecule has 0 saturated carbocycles. The van der Waals surface area contributed by atoms with Crippen LogP contribution in [0.5, 0.6) is 5.88 Å². The number of imidazole rings is 1. The van der Waals surface area contributed by atoms with Crippen LogP contribution in [0.4, 0.5) is 0 Å². The first-order valence-electron chi connectivity index (χ1n) is 3.26. The van der Waals surface area contributed by atoms with Crippen LogP contribution in [0.1, 0.15) is 5.69 Å². The number of hydrogen-bond donors (Lipinski definition) is 2. The maximum Gasteiger partial charge on any atom is 0.328 e. The fraction of sp³-hybridized carbons (Fsp3) is 0.286. The van der Waals surface area contributed by atoms with Crippen molar-refractivity contribution in [3.05, 3.63) is 28.8 Å². The van der Waals surface area contributed by atoms with E-state index < -0.39 is 0 Å². The summed E-state index contributed by atoms with van der Waals surface area (Å²) in [6, 6.07) is 0. The van der Waals surface area contributed by atoms with Crippen molar-refractivity contribution in [3.8, 4) is 5.88 Å². The lowest BCUT2D eigenvalue weighted by atomic mass is 10.5. The van der Waals surface area contributed by atoms with E-state index in [2.05, 4.69) is 11.6 Å². The molecule has 60 valence electrons. The number of aromatic amines is 1. The molecule has 4 heteroatoms. The SMILES string of the molecule is C=CCn1c(O)c(C)[nH]c1=O. The average Bonchev–Trinajstić information content (AvgIpc) is 2.17. The number of hydrogen-bond acceptors (Lipinski definition) is 2. The van der Waals surface area contributed by atoms with Gasteiger partial charge in [-0.3, -0.25) is 4.57 Å².